The molecule has 0 saturated carbocycles. The molecular weight excluding hydrogens is 648 g/mol. The Morgan fingerprint density at radius 2 is 1.80 bits per heavy atom. The van der Waals surface area contributed by atoms with Gasteiger partial charge in [0.15, 0.2) is 10.9 Å². The minimum atomic E-state index is -0.570. The van der Waals surface area contributed by atoms with Crippen LogP contribution in [0.25, 0.3) is 16.3 Å². The van der Waals surface area contributed by atoms with Gasteiger partial charge in [0.05, 0.1) is 15.1 Å². The lowest BCUT2D eigenvalue weighted by Crippen LogP contribution is -2.46. The molecule has 3 amide bonds. The van der Waals surface area contributed by atoms with E-state index in [2.05, 4.69) is 26.7 Å². The van der Waals surface area contributed by atoms with Gasteiger partial charge >= 0.3 is 4.87 Å². The number of hydrazine groups is 1. The second-order valence-corrected chi connectivity index (χ2v) is 12.4. The van der Waals surface area contributed by atoms with Crippen LogP contribution in [0.4, 0.5) is 5.69 Å². The van der Waals surface area contributed by atoms with Gasteiger partial charge in [-0.15, -0.1) is 0 Å². The van der Waals surface area contributed by atoms with E-state index >= 15 is 0 Å². The zero-order chi connectivity index (χ0) is 29.1. The highest BCUT2D eigenvalue weighted by Gasteiger charge is 2.34. The number of anilines is 1. The third-order valence-corrected chi connectivity index (χ3v) is 8.70. The van der Waals surface area contributed by atoms with Crippen molar-refractivity contribution in [1.82, 2.24) is 15.0 Å². The molecule has 2 N–H and O–H groups in total. The average molecular weight is 670 g/mol. The lowest BCUT2D eigenvalue weighted by atomic mass is 10.2. The summed E-state index contributed by atoms with van der Waals surface area (Å²) in [5.41, 5.74) is 5.30. The third-order valence-electron chi connectivity index (χ3n) is 5.94. The second-order valence-electron chi connectivity index (χ2n) is 8.81. The number of hydrogen-bond acceptors (Lipinski definition) is 8. The van der Waals surface area contributed by atoms with E-state index in [4.69, 9.17) is 17.0 Å². The van der Waals surface area contributed by atoms with Crippen LogP contribution in [-0.4, -0.2) is 38.2 Å². The molecule has 5 rings (SSSR count). The Morgan fingerprint density at radius 1 is 1.05 bits per heavy atom. The number of halogens is 1. The van der Waals surface area contributed by atoms with Gasteiger partial charge in [-0.25, -0.2) is 0 Å². The molecule has 0 aliphatic carbocycles. The fourth-order valence-corrected chi connectivity index (χ4v) is 6.42. The first-order valence-corrected chi connectivity index (χ1v) is 15.0. The molecule has 13 heteroatoms. The molecule has 208 valence electrons. The number of nitrogens with one attached hydrogen (secondary N) is 2. The number of rotatable bonds is 8. The van der Waals surface area contributed by atoms with Crippen molar-refractivity contribution in [2.24, 2.45) is 0 Å². The summed E-state index contributed by atoms with van der Waals surface area (Å²) in [6.07, 6.45) is 1.59. The molecule has 1 aliphatic rings. The van der Waals surface area contributed by atoms with Gasteiger partial charge in [-0.3, -0.25) is 29.2 Å². The Kier molecular flexibility index (Phi) is 8.68. The van der Waals surface area contributed by atoms with Crippen LogP contribution in [0.1, 0.15) is 11.1 Å². The van der Waals surface area contributed by atoms with E-state index in [1.54, 1.807) is 48.5 Å². The molecule has 0 bridgehead atoms. The quantitative estimate of drug-likeness (QED) is 0.199. The molecule has 9 nitrogen and oxygen atoms in total. The fourth-order valence-electron chi connectivity index (χ4n) is 3.98. The molecule has 0 radical (unpaired) electrons. The molecule has 1 aromatic heterocycles. The standard InChI is InChI=1S/C28H21BrN4O5S3/c1-16-6-2-3-7-19(16)30-25(35)15-38-21-11-10-18(29)12-17(21)13-23-26(36)33(28(39)41-23)31-24(34)14-32-20-8-4-5-9-22(20)40-27(32)37/h2-13H,14-15H2,1H3,(H,30,35)(H,31,34)/b23-13-. The first-order valence-electron chi connectivity index (χ1n) is 12.1. The summed E-state index contributed by atoms with van der Waals surface area (Å²) in [4.78, 5) is 50.9. The summed E-state index contributed by atoms with van der Waals surface area (Å²) in [5, 5.41) is 3.81. The molecule has 0 spiro atoms. The smallest absolute Gasteiger partial charge is 0.308 e. The van der Waals surface area contributed by atoms with E-state index in [0.717, 1.165) is 42.8 Å². The van der Waals surface area contributed by atoms with E-state index in [9.17, 15) is 19.2 Å². The fraction of sp³-hybridized carbons (Fsp3) is 0.107. The molecule has 3 aromatic carbocycles. The molecule has 0 unspecified atom stereocenters. The highest BCUT2D eigenvalue weighted by molar-refractivity contribution is 9.10. The molecular formula is C28H21BrN4O5S3. The Balaban J connectivity index is 1.28. The van der Waals surface area contributed by atoms with Crippen LogP contribution >= 0.6 is 51.2 Å². The van der Waals surface area contributed by atoms with Crippen LogP contribution < -0.4 is 20.4 Å². The predicted molar refractivity (Wildman–Crippen MR) is 169 cm³/mol. The zero-order valence-corrected chi connectivity index (χ0v) is 25.4. The normalized spacial score (nSPS) is 14.1. The van der Waals surface area contributed by atoms with Gasteiger partial charge < -0.3 is 10.1 Å². The van der Waals surface area contributed by atoms with Crippen molar-refractivity contribution in [3.8, 4) is 5.75 Å². The molecule has 1 saturated heterocycles. The molecule has 2 heterocycles. The van der Waals surface area contributed by atoms with E-state index < -0.39 is 11.8 Å². The van der Waals surface area contributed by atoms with Crippen molar-refractivity contribution in [3.63, 3.8) is 0 Å². The minimum Gasteiger partial charge on any atom is -0.483 e. The Bertz CT molecular complexity index is 1800. The number of benzene rings is 3. The number of nitrogens with zero attached hydrogens (tertiary/aromatic N) is 2. The summed E-state index contributed by atoms with van der Waals surface area (Å²) in [6.45, 7) is 1.38. The van der Waals surface area contributed by atoms with E-state index in [1.165, 1.54) is 4.57 Å². The first kappa shape index (κ1) is 28.7. The Hall–Kier alpha value is -3.78. The Labute approximate surface area is 256 Å². The summed E-state index contributed by atoms with van der Waals surface area (Å²) in [5.74, 6) is -1.05. The van der Waals surface area contributed by atoms with E-state index in [-0.39, 0.29) is 33.2 Å². The number of aromatic nitrogens is 1. The maximum atomic E-state index is 13.2. The number of aryl methyl sites for hydroxylation is 1. The summed E-state index contributed by atoms with van der Waals surface area (Å²) in [6, 6.07) is 19.8. The van der Waals surface area contributed by atoms with Crippen LogP contribution in [-0.2, 0) is 20.9 Å². The van der Waals surface area contributed by atoms with Crippen molar-refractivity contribution in [3.05, 3.63) is 96.9 Å². The summed E-state index contributed by atoms with van der Waals surface area (Å²) in [7, 11) is 0. The number of carbonyl (C=O) groups is 3. The highest BCUT2D eigenvalue weighted by atomic mass is 79.9. The Morgan fingerprint density at radius 3 is 2.61 bits per heavy atom. The number of ether oxygens (including phenoxy) is 1. The lowest BCUT2D eigenvalue weighted by molar-refractivity contribution is -0.133. The topological polar surface area (TPSA) is 110 Å². The number of thiocarbonyl (C=S) groups is 1. The largest absolute Gasteiger partial charge is 0.483 e. The van der Waals surface area contributed by atoms with Crippen molar-refractivity contribution in [2.75, 3.05) is 11.9 Å². The van der Waals surface area contributed by atoms with Crippen LogP contribution in [0.5, 0.6) is 5.75 Å². The van der Waals surface area contributed by atoms with E-state index in [0.29, 0.717) is 22.5 Å². The van der Waals surface area contributed by atoms with Crippen molar-refractivity contribution < 1.29 is 19.1 Å². The van der Waals surface area contributed by atoms with Gasteiger partial charge in [-0.2, -0.15) is 5.01 Å². The summed E-state index contributed by atoms with van der Waals surface area (Å²) < 4.78 is 8.77. The lowest BCUT2D eigenvalue weighted by Gasteiger charge is -2.16. The highest BCUT2D eigenvalue weighted by Crippen LogP contribution is 2.34. The van der Waals surface area contributed by atoms with Gasteiger partial charge in [0.1, 0.15) is 12.3 Å². The van der Waals surface area contributed by atoms with Gasteiger partial charge in [0.25, 0.3) is 17.7 Å². The number of para-hydroxylation sites is 2. The molecule has 1 aliphatic heterocycles. The van der Waals surface area contributed by atoms with Crippen molar-refractivity contribution in [1.29, 1.82) is 0 Å². The van der Waals surface area contributed by atoms with Gasteiger partial charge in [-0.05, 0) is 67.2 Å². The van der Waals surface area contributed by atoms with Crippen molar-refractivity contribution >= 4 is 95.3 Å². The van der Waals surface area contributed by atoms with Gasteiger partial charge in [0.2, 0.25) is 0 Å². The van der Waals surface area contributed by atoms with E-state index in [1.807, 2.05) is 31.2 Å². The number of thiazole rings is 1. The van der Waals surface area contributed by atoms with Crippen molar-refractivity contribution in [2.45, 2.75) is 13.5 Å². The monoisotopic (exact) mass is 668 g/mol. The maximum Gasteiger partial charge on any atom is 0.308 e. The molecule has 0 atom stereocenters. The second kappa shape index (κ2) is 12.4. The van der Waals surface area contributed by atoms with Crippen LogP contribution in [0.2, 0.25) is 0 Å². The zero-order valence-electron chi connectivity index (χ0n) is 21.4. The predicted octanol–water partition coefficient (Wildman–Crippen LogP) is 5.08. The number of fused-ring (bicyclic) bond motifs is 1. The number of thioether (sulfide) groups is 1. The summed E-state index contributed by atoms with van der Waals surface area (Å²) >= 11 is 10.8. The molecule has 4 aromatic rings. The van der Waals surface area contributed by atoms with Crippen LogP contribution in [0, 0.1) is 6.92 Å². The van der Waals surface area contributed by atoms with Crippen LogP contribution in [0.15, 0.2) is 80.9 Å². The third kappa shape index (κ3) is 6.59. The number of carbonyl (C=O) groups excluding carboxylic acids is 3. The SMILES string of the molecule is Cc1ccccc1NC(=O)COc1ccc(Br)cc1/C=C1\SC(=S)N(NC(=O)Cn2c(=O)sc3ccccc32)C1=O. The minimum absolute atomic E-state index is 0.132. The van der Waals surface area contributed by atoms with Gasteiger partial charge in [-0.1, -0.05) is 69.4 Å². The number of amides is 3. The molecule has 1 fully saturated rings. The average Bonchev–Trinajstić information content (AvgIpc) is 3.39. The molecule has 41 heavy (non-hydrogen) atoms. The number of hydrogen-bond donors (Lipinski definition) is 2. The maximum absolute atomic E-state index is 13.2. The van der Waals surface area contributed by atoms with Crippen LogP contribution in [0.3, 0.4) is 0 Å². The van der Waals surface area contributed by atoms with Gasteiger partial charge in [0, 0.05) is 15.7 Å². The first-order chi connectivity index (χ1) is 19.7.